The quantitative estimate of drug-likeness (QED) is 0.0705. The van der Waals surface area contributed by atoms with Crippen molar-refractivity contribution in [2.45, 2.75) is 12.8 Å². The van der Waals surface area contributed by atoms with E-state index in [1.54, 1.807) is 24.3 Å². The van der Waals surface area contributed by atoms with Gasteiger partial charge < -0.3 is 46.8 Å². The minimum Gasteiger partial charge on any atom is -0.491 e. The first-order valence-electron chi connectivity index (χ1n) is 15.5. The van der Waals surface area contributed by atoms with Crippen molar-refractivity contribution < 1.29 is 28.5 Å². The number of carbonyl (C=O) groups excluding carboxylic acids is 2. The molecule has 2 aromatic rings. The van der Waals surface area contributed by atoms with E-state index in [0.717, 1.165) is 84.8 Å². The number of rotatable bonds is 18. The van der Waals surface area contributed by atoms with Crippen LogP contribution in [0, 0.1) is 0 Å². The molecular formula is C32H47N7O6. The first-order chi connectivity index (χ1) is 21.9. The number of ether oxygens (including phenoxy) is 4. The molecule has 246 valence electrons. The fourth-order valence-corrected chi connectivity index (χ4v) is 5.19. The zero-order valence-electron chi connectivity index (χ0n) is 25.9. The van der Waals surface area contributed by atoms with Crippen molar-refractivity contribution in [2.24, 2.45) is 5.73 Å². The van der Waals surface area contributed by atoms with E-state index in [1.165, 1.54) is 0 Å². The average Bonchev–Trinajstić information content (AvgIpc) is 3.05. The number of benzene rings is 2. The van der Waals surface area contributed by atoms with Crippen LogP contribution in [0.25, 0.3) is 0 Å². The molecule has 0 saturated carbocycles. The summed E-state index contributed by atoms with van der Waals surface area (Å²) >= 11 is 0. The molecule has 0 radical (unpaired) electrons. The Morgan fingerprint density at radius 1 is 0.778 bits per heavy atom. The van der Waals surface area contributed by atoms with Gasteiger partial charge in [0.2, 0.25) is 5.91 Å². The third-order valence-electron chi connectivity index (χ3n) is 7.63. The summed E-state index contributed by atoms with van der Waals surface area (Å²) in [6, 6.07) is 6.49. The number of nitrogens with zero attached hydrogens (tertiary/aromatic N) is 2. The van der Waals surface area contributed by atoms with Crippen LogP contribution in [0.3, 0.4) is 0 Å². The van der Waals surface area contributed by atoms with Crippen LogP contribution >= 0.6 is 0 Å². The van der Waals surface area contributed by atoms with Gasteiger partial charge in [-0.25, -0.2) is 0 Å². The van der Waals surface area contributed by atoms with Gasteiger partial charge in [-0.15, -0.1) is 0 Å². The third-order valence-corrected chi connectivity index (χ3v) is 7.63. The first-order valence-corrected chi connectivity index (χ1v) is 15.5. The maximum Gasteiger partial charge on any atom is 0.248 e. The second-order valence-electron chi connectivity index (χ2n) is 10.9. The monoisotopic (exact) mass is 625 g/mol. The zero-order valence-corrected chi connectivity index (χ0v) is 25.9. The highest BCUT2D eigenvalue weighted by Gasteiger charge is 2.15. The van der Waals surface area contributed by atoms with Crippen molar-refractivity contribution in [3.63, 3.8) is 0 Å². The number of nitrogen functional groups attached to an aromatic ring is 2. The van der Waals surface area contributed by atoms with Crippen LogP contribution in [-0.4, -0.2) is 114 Å². The summed E-state index contributed by atoms with van der Waals surface area (Å²) in [5, 5.41) is 6.60. The number of aldehydes is 1. The Hall–Kier alpha value is -4.04. The van der Waals surface area contributed by atoms with Gasteiger partial charge >= 0.3 is 0 Å². The Bertz CT molecular complexity index is 1280. The highest BCUT2D eigenvalue weighted by atomic mass is 16.5. The molecule has 2 saturated heterocycles. The Morgan fingerprint density at radius 3 is 1.76 bits per heavy atom. The molecule has 2 heterocycles. The number of hydrogen-bond acceptors (Lipinski definition) is 12. The zero-order chi connectivity index (χ0) is 31.9. The van der Waals surface area contributed by atoms with Gasteiger partial charge in [0.25, 0.3) is 0 Å². The molecule has 0 atom stereocenters. The van der Waals surface area contributed by atoms with E-state index < -0.39 is 5.91 Å². The molecular weight excluding hydrogens is 578 g/mol. The maximum atomic E-state index is 11.8. The lowest BCUT2D eigenvalue weighted by Crippen LogP contribution is -2.37. The fraction of sp³-hybridized carbons (Fsp3) is 0.500. The normalized spacial score (nSPS) is 16.0. The highest BCUT2D eigenvalue weighted by Crippen LogP contribution is 2.33. The van der Waals surface area contributed by atoms with Gasteiger partial charge in [0, 0.05) is 63.5 Å². The highest BCUT2D eigenvalue weighted by molar-refractivity contribution is 5.96. The second-order valence-corrected chi connectivity index (χ2v) is 10.9. The van der Waals surface area contributed by atoms with Crippen molar-refractivity contribution in [3.05, 3.63) is 47.5 Å². The smallest absolute Gasteiger partial charge is 0.248 e. The Morgan fingerprint density at radius 2 is 1.27 bits per heavy atom. The predicted octanol–water partition coefficient (Wildman–Crippen LogP) is 2.04. The molecule has 0 aliphatic carbocycles. The molecule has 2 fully saturated rings. The minimum absolute atomic E-state index is 0.290. The molecule has 0 aromatic heterocycles. The minimum atomic E-state index is -0.571. The van der Waals surface area contributed by atoms with Crippen molar-refractivity contribution >= 4 is 34.9 Å². The van der Waals surface area contributed by atoms with E-state index in [-0.39, 0.29) is 0 Å². The number of amides is 1. The summed E-state index contributed by atoms with van der Waals surface area (Å²) < 4.78 is 22.9. The molecule has 45 heavy (non-hydrogen) atoms. The van der Waals surface area contributed by atoms with Crippen molar-refractivity contribution in [3.8, 4) is 11.5 Å². The van der Waals surface area contributed by atoms with Gasteiger partial charge in [-0.2, -0.15) is 0 Å². The van der Waals surface area contributed by atoms with Crippen LogP contribution in [0.15, 0.2) is 36.4 Å². The lowest BCUT2D eigenvalue weighted by atomic mass is 10.1. The SMILES string of the molecule is NC(=O)c1cc(N)c(NC/C=C/CNc2c(N)cc(C=O)cc2OCCCN2CCOCC2)c(OCCCN2CCOCC2)c1. The van der Waals surface area contributed by atoms with Gasteiger partial charge in [-0.05, 0) is 37.1 Å². The summed E-state index contributed by atoms with van der Waals surface area (Å²) in [4.78, 5) is 28.0. The van der Waals surface area contributed by atoms with Crippen LogP contribution in [-0.2, 0) is 9.47 Å². The van der Waals surface area contributed by atoms with Crippen molar-refractivity contribution in [1.82, 2.24) is 9.80 Å². The number of nitrogens with two attached hydrogens (primary N) is 3. The van der Waals surface area contributed by atoms with Crippen molar-refractivity contribution in [2.75, 3.05) is 114 Å². The molecule has 13 nitrogen and oxygen atoms in total. The molecule has 2 aliphatic heterocycles. The summed E-state index contributed by atoms with van der Waals surface area (Å²) in [6.45, 7) is 10.4. The Labute approximate surface area is 265 Å². The maximum absolute atomic E-state index is 11.8. The molecule has 2 aromatic carbocycles. The lowest BCUT2D eigenvalue weighted by Gasteiger charge is -2.26. The summed E-state index contributed by atoms with van der Waals surface area (Å²) in [7, 11) is 0. The van der Waals surface area contributed by atoms with Gasteiger partial charge in [-0.1, -0.05) is 12.2 Å². The molecule has 0 unspecified atom stereocenters. The van der Waals surface area contributed by atoms with Crippen LogP contribution in [0.5, 0.6) is 11.5 Å². The third kappa shape index (κ3) is 10.8. The van der Waals surface area contributed by atoms with E-state index in [2.05, 4.69) is 20.4 Å². The molecule has 1 amide bonds. The molecule has 13 heteroatoms. The molecule has 0 spiro atoms. The molecule has 0 bridgehead atoms. The predicted molar refractivity (Wildman–Crippen MR) is 176 cm³/mol. The van der Waals surface area contributed by atoms with Crippen LogP contribution in [0.1, 0.15) is 33.6 Å². The van der Waals surface area contributed by atoms with Crippen molar-refractivity contribution in [1.29, 1.82) is 0 Å². The number of hydrogen-bond donors (Lipinski definition) is 5. The van der Waals surface area contributed by atoms with Crippen LogP contribution in [0.2, 0.25) is 0 Å². The lowest BCUT2D eigenvalue weighted by molar-refractivity contribution is 0.0357. The molecule has 8 N–H and O–H groups in total. The largest absolute Gasteiger partial charge is 0.491 e. The van der Waals surface area contributed by atoms with Gasteiger partial charge in [-0.3, -0.25) is 19.4 Å². The van der Waals surface area contributed by atoms with Gasteiger partial charge in [0.05, 0.1) is 51.0 Å². The second kappa shape index (κ2) is 18.1. The number of nitrogens with one attached hydrogen (secondary N) is 2. The van der Waals surface area contributed by atoms with E-state index >= 15 is 0 Å². The van der Waals surface area contributed by atoms with Crippen LogP contribution < -0.4 is 37.3 Å². The van der Waals surface area contributed by atoms with E-state index in [4.69, 9.17) is 36.1 Å². The molecule has 4 rings (SSSR count). The number of carbonyl (C=O) groups is 2. The van der Waals surface area contributed by atoms with E-state index in [0.29, 0.717) is 71.7 Å². The average molecular weight is 626 g/mol. The summed E-state index contributed by atoms with van der Waals surface area (Å²) in [5.74, 6) is 0.456. The van der Waals surface area contributed by atoms with E-state index in [9.17, 15) is 9.59 Å². The first kappa shape index (κ1) is 33.8. The standard InChI is InChI=1S/C32H47N7O6/c33-26-19-24(23-40)20-28(44-13-3-7-38-9-15-42-16-10-38)30(26)36-5-1-2-6-37-31-27(34)21-25(32(35)41)22-29(31)45-14-4-8-39-11-17-43-18-12-39/h1-2,19-23,36-37H,3-18,33-34H2,(H2,35,41)/b2-1+. The topological polar surface area (TPSA) is 180 Å². The summed E-state index contributed by atoms with van der Waals surface area (Å²) in [6.07, 6.45) is 6.31. The van der Waals surface area contributed by atoms with Crippen LogP contribution in [0.4, 0.5) is 22.7 Å². The Kier molecular flexibility index (Phi) is 13.6. The van der Waals surface area contributed by atoms with Gasteiger partial charge in [0.1, 0.15) is 29.2 Å². The Balaban J connectivity index is 1.28. The molecule has 2 aliphatic rings. The number of primary amides is 1. The number of anilines is 4. The number of morpholine rings is 2. The van der Waals surface area contributed by atoms with Gasteiger partial charge in [0.15, 0.2) is 0 Å². The fourth-order valence-electron chi connectivity index (χ4n) is 5.19. The summed E-state index contributed by atoms with van der Waals surface area (Å²) in [5.41, 5.74) is 20.9. The van der Waals surface area contributed by atoms with E-state index in [1.807, 2.05) is 12.2 Å².